The number of rotatable bonds is 3. The number of hydrogen-bond donors (Lipinski definition) is 0. The maximum Gasteiger partial charge on any atom is 0.367 e. The van der Waals surface area contributed by atoms with Crippen LogP contribution in [0.1, 0.15) is 53.9 Å². The number of cyclic esters (lactones) is 1. The van der Waals surface area contributed by atoms with Gasteiger partial charge in [-0.3, -0.25) is 0 Å². The first-order chi connectivity index (χ1) is 7.22. The molecule has 1 atom stereocenters. The Labute approximate surface area is 104 Å². The Hall–Kier alpha value is -0.180. The molecule has 0 radical (unpaired) electrons. The minimum atomic E-state index is -0.0928. The molecule has 0 spiro atoms. The van der Waals surface area contributed by atoms with Gasteiger partial charge in [0.05, 0.1) is 6.61 Å². The van der Waals surface area contributed by atoms with Crippen molar-refractivity contribution in [2.45, 2.75) is 59.1 Å². The van der Waals surface area contributed by atoms with Crippen LogP contribution in [0.2, 0.25) is 0 Å². The topological polar surface area (TPSA) is 26.3 Å². The quantitative estimate of drug-likeness (QED) is 0.685. The lowest BCUT2D eigenvalue weighted by Gasteiger charge is -2.40. The fourth-order valence-electron chi connectivity index (χ4n) is 1.60. The smallest absolute Gasteiger partial charge is 0.367 e. The van der Waals surface area contributed by atoms with E-state index in [1.54, 1.807) is 0 Å². The summed E-state index contributed by atoms with van der Waals surface area (Å²) in [6.07, 6.45) is 3.29. The average Bonchev–Trinajstić information content (AvgIpc) is 2.13. The Morgan fingerprint density at radius 3 is 2.44 bits per heavy atom. The summed E-state index contributed by atoms with van der Waals surface area (Å²) < 4.78 is 4.93. The van der Waals surface area contributed by atoms with E-state index in [1.807, 2.05) is 0 Å². The van der Waals surface area contributed by atoms with Crippen molar-refractivity contribution in [1.29, 1.82) is 0 Å². The highest BCUT2D eigenvalue weighted by Crippen LogP contribution is 2.43. The van der Waals surface area contributed by atoms with Crippen molar-refractivity contribution in [3.05, 3.63) is 0 Å². The maximum atomic E-state index is 11.1. The van der Waals surface area contributed by atoms with Crippen LogP contribution in [0, 0.1) is 10.8 Å². The molecule has 0 N–H and O–H groups in total. The predicted octanol–water partition coefficient (Wildman–Crippen LogP) is 4.48. The molecule has 1 rings (SSSR count). The summed E-state index contributed by atoms with van der Waals surface area (Å²) in [5.41, 5.74) is 0.627. The lowest BCUT2D eigenvalue weighted by atomic mass is 9.67. The fraction of sp³-hybridized carbons (Fsp3) is 0.923. The van der Waals surface area contributed by atoms with Crippen LogP contribution in [-0.2, 0) is 4.74 Å². The zero-order valence-corrected chi connectivity index (χ0v) is 11.9. The van der Waals surface area contributed by atoms with Crippen LogP contribution in [0.4, 0.5) is 4.79 Å². The van der Waals surface area contributed by atoms with Gasteiger partial charge in [-0.1, -0.05) is 34.6 Å². The molecule has 1 heterocycles. The molecule has 0 aromatic heterocycles. The van der Waals surface area contributed by atoms with Gasteiger partial charge in [0.2, 0.25) is 0 Å². The summed E-state index contributed by atoms with van der Waals surface area (Å²) in [7, 11) is 0. The molecule has 0 bridgehead atoms. The average molecular weight is 244 g/mol. The maximum absolute atomic E-state index is 11.1. The molecule has 1 saturated heterocycles. The zero-order chi connectivity index (χ0) is 12.4. The normalized spacial score (nSPS) is 23.1. The van der Waals surface area contributed by atoms with E-state index in [0.717, 1.165) is 12.8 Å². The standard InChI is InChI=1S/C13H24O2S/c1-12(2,3)13(4,5)8-6-10-7-9-15-11(14)16-10/h10H,6-9H2,1-5H3. The summed E-state index contributed by atoms with van der Waals surface area (Å²) in [4.78, 5) is 11.1. The molecule has 16 heavy (non-hydrogen) atoms. The van der Waals surface area contributed by atoms with Gasteiger partial charge in [0.15, 0.2) is 0 Å². The van der Waals surface area contributed by atoms with Crippen LogP contribution in [0.15, 0.2) is 0 Å². The molecule has 0 saturated carbocycles. The molecule has 94 valence electrons. The largest absolute Gasteiger partial charge is 0.458 e. The summed E-state index contributed by atoms with van der Waals surface area (Å²) in [5.74, 6) is 0. The van der Waals surface area contributed by atoms with Crippen molar-refractivity contribution in [1.82, 2.24) is 0 Å². The van der Waals surface area contributed by atoms with Crippen LogP contribution in [0.5, 0.6) is 0 Å². The van der Waals surface area contributed by atoms with Crippen LogP contribution in [0.25, 0.3) is 0 Å². The molecule has 0 aromatic rings. The summed E-state index contributed by atoms with van der Waals surface area (Å²) in [6.45, 7) is 12.1. The third kappa shape index (κ3) is 3.69. The van der Waals surface area contributed by atoms with Crippen molar-refractivity contribution in [2.24, 2.45) is 10.8 Å². The molecule has 2 nitrogen and oxygen atoms in total. The second-order valence-electron chi connectivity index (χ2n) is 6.30. The lowest BCUT2D eigenvalue weighted by Crippen LogP contribution is -2.31. The van der Waals surface area contributed by atoms with E-state index in [1.165, 1.54) is 18.2 Å². The Balaban J connectivity index is 2.42. The van der Waals surface area contributed by atoms with E-state index in [2.05, 4.69) is 34.6 Å². The Morgan fingerprint density at radius 2 is 1.94 bits per heavy atom. The van der Waals surface area contributed by atoms with Gasteiger partial charge in [-0.2, -0.15) is 0 Å². The van der Waals surface area contributed by atoms with Gasteiger partial charge in [0.1, 0.15) is 0 Å². The van der Waals surface area contributed by atoms with Gasteiger partial charge in [-0.15, -0.1) is 0 Å². The van der Waals surface area contributed by atoms with Crippen LogP contribution < -0.4 is 0 Å². The second-order valence-corrected chi connectivity index (χ2v) is 7.54. The molecule has 1 aliphatic rings. The molecule has 3 heteroatoms. The van der Waals surface area contributed by atoms with Gasteiger partial charge >= 0.3 is 5.30 Å². The minimum Gasteiger partial charge on any atom is -0.458 e. The van der Waals surface area contributed by atoms with Gasteiger partial charge in [-0.05, 0) is 41.9 Å². The van der Waals surface area contributed by atoms with E-state index >= 15 is 0 Å². The monoisotopic (exact) mass is 244 g/mol. The molecule has 0 amide bonds. The third-order valence-electron chi connectivity index (χ3n) is 4.04. The summed E-state index contributed by atoms with van der Waals surface area (Å²) >= 11 is 1.38. The van der Waals surface area contributed by atoms with Gasteiger partial charge < -0.3 is 4.74 Å². The first-order valence-electron chi connectivity index (χ1n) is 6.06. The van der Waals surface area contributed by atoms with Crippen molar-refractivity contribution >= 4 is 17.1 Å². The third-order valence-corrected chi connectivity index (χ3v) is 5.16. The Bertz CT molecular complexity index is 253. The number of carbonyl (C=O) groups is 1. The van der Waals surface area contributed by atoms with Gasteiger partial charge in [0.25, 0.3) is 0 Å². The molecular weight excluding hydrogens is 220 g/mol. The number of hydrogen-bond acceptors (Lipinski definition) is 3. The number of thioether (sulfide) groups is 1. The van der Waals surface area contributed by atoms with Crippen LogP contribution >= 0.6 is 11.8 Å². The highest BCUT2D eigenvalue weighted by molar-refractivity contribution is 8.13. The number of carbonyl (C=O) groups excluding carboxylic acids is 1. The molecule has 1 aliphatic heterocycles. The highest BCUT2D eigenvalue weighted by atomic mass is 32.2. The van der Waals surface area contributed by atoms with E-state index in [0.29, 0.717) is 22.7 Å². The Morgan fingerprint density at radius 1 is 1.31 bits per heavy atom. The molecular formula is C13H24O2S. The summed E-state index contributed by atoms with van der Waals surface area (Å²) in [5, 5.41) is 0.368. The van der Waals surface area contributed by atoms with Crippen LogP contribution in [-0.4, -0.2) is 17.2 Å². The first-order valence-corrected chi connectivity index (χ1v) is 6.94. The van der Waals surface area contributed by atoms with E-state index in [4.69, 9.17) is 4.74 Å². The number of ether oxygens (including phenoxy) is 1. The molecule has 1 fully saturated rings. The lowest BCUT2D eigenvalue weighted by molar-refractivity contribution is 0.114. The first kappa shape index (κ1) is 13.9. The molecule has 0 aromatic carbocycles. The van der Waals surface area contributed by atoms with E-state index < -0.39 is 0 Å². The van der Waals surface area contributed by atoms with Crippen molar-refractivity contribution in [3.63, 3.8) is 0 Å². The van der Waals surface area contributed by atoms with Crippen molar-refractivity contribution < 1.29 is 9.53 Å². The van der Waals surface area contributed by atoms with Crippen molar-refractivity contribution in [3.8, 4) is 0 Å². The van der Waals surface area contributed by atoms with Crippen molar-refractivity contribution in [2.75, 3.05) is 6.61 Å². The van der Waals surface area contributed by atoms with Crippen LogP contribution in [0.3, 0.4) is 0 Å². The highest BCUT2D eigenvalue weighted by Gasteiger charge is 2.33. The fourth-order valence-corrected chi connectivity index (χ4v) is 2.48. The van der Waals surface area contributed by atoms with E-state index in [9.17, 15) is 4.79 Å². The predicted molar refractivity (Wildman–Crippen MR) is 69.8 cm³/mol. The second kappa shape index (κ2) is 4.99. The van der Waals surface area contributed by atoms with Gasteiger partial charge in [-0.25, -0.2) is 4.79 Å². The Kier molecular flexibility index (Phi) is 4.33. The SMILES string of the molecule is CC(C)(C)C(C)(C)CCC1CCOC(=O)S1. The minimum absolute atomic E-state index is 0.0928. The molecule has 0 aliphatic carbocycles. The zero-order valence-electron chi connectivity index (χ0n) is 11.1. The summed E-state index contributed by atoms with van der Waals surface area (Å²) in [6, 6.07) is 0. The van der Waals surface area contributed by atoms with Gasteiger partial charge in [0, 0.05) is 5.25 Å². The van der Waals surface area contributed by atoms with E-state index in [-0.39, 0.29) is 5.30 Å². The molecule has 1 unspecified atom stereocenters.